The number of nitrogens with one attached hydrogen (secondary N) is 1. The molecule has 1 aromatic heterocycles. The number of nitrogens with zero attached hydrogens (tertiary/aromatic N) is 1. The summed E-state index contributed by atoms with van der Waals surface area (Å²) >= 11 is 5.84. The summed E-state index contributed by atoms with van der Waals surface area (Å²) < 4.78 is 0. The second-order valence-corrected chi connectivity index (χ2v) is 4.74. The number of aromatic carboxylic acids is 1. The number of carboxylic acids is 1. The second kappa shape index (κ2) is 6.85. The average Bonchev–Trinajstić information content (AvgIpc) is 2.46. The lowest BCUT2D eigenvalue weighted by atomic mass is 10.1. The number of carbonyl (C=O) groups excluding carboxylic acids is 1. The fourth-order valence-electron chi connectivity index (χ4n) is 1.85. The second-order valence-electron chi connectivity index (χ2n) is 4.34. The maximum Gasteiger partial charge on any atom is 0.339 e. The summed E-state index contributed by atoms with van der Waals surface area (Å²) in [5.41, 5.74) is 0.892. The number of rotatable bonds is 5. The number of benzene rings is 1. The van der Waals surface area contributed by atoms with Crippen molar-refractivity contribution in [1.29, 1.82) is 0 Å². The summed E-state index contributed by atoms with van der Waals surface area (Å²) in [6.45, 7) is 0. The molecule has 21 heavy (non-hydrogen) atoms. The molecule has 1 amide bonds. The molecule has 0 aliphatic heterocycles. The van der Waals surface area contributed by atoms with Crippen LogP contribution in [0.2, 0.25) is 5.02 Å². The molecule has 0 bridgehead atoms. The number of carboxylic acid groups (broad SMARTS) is 1. The third-order valence-electron chi connectivity index (χ3n) is 2.84. The molecule has 2 rings (SSSR count). The van der Waals surface area contributed by atoms with Crippen molar-refractivity contribution in [1.82, 2.24) is 4.98 Å². The Morgan fingerprint density at radius 3 is 2.67 bits per heavy atom. The lowest BCUT2D eigenvalue weighted by molar-refractivity contribution is -0.116. The van der Waals surface area contributed by atoms with Crippen LogP contribution in [-0.2, 0) is 11.2 Å². The van der Waals surface area contributed by atoms with Crippen LogP contribution in [0.5, 0.6) is 0 Å². The van der Waals surface area contributed by atoms with Gasteiger partial charge in [-0.2, -0.15) is 0 Å². The van der Waals surface area contributed by atoms with E-state index in [1.165, 1.54) is 12.1 Å². The highest BCUT2D eigenvalue weighted by Gasteiger charge is 2.16. The van der Waals surface area contributed by atoms with Crippen LogP contribution in [0.3, 0.4) is 0 Å². The molecule has 1 aromatic carbocycles. The van der Waals surface area contributed by atoms with E-state index in [0.29, 0.717) is 6.42 Å². The highest BCUT2D eigenvalue weighted by Crippen LogP contribution is 2.24. The third-order valence-corrected chi connectivity index (χ3v) is 3.15. The SMILES string of the molecule is O=C(CCc1ccccn1)Nc1cccc(Cl)c1C(=O)O. The molecule has 0 aliphatic carbocycles. The van der Waals surface area contributed by atoms with Crippen molar-refractivity contribution in [2.75, 3.05) is 5.32 Å². The third kappa shape index (κ3) is 4.03. The zero-order valence-corrected chi connectivity index (χ0v) is 11.8. The van der Waals surface area contributed by atoms with Crippen LogP contribution in [0.1, 0.15) is 22.5 Å². The van der Waals surface area contributed by atoms with E-state index in [2.05, 4.69) is 10.3 Å². The molecule has 108 valence electrons. The lowest BCUT2D eigenvalue weighted by Crippen LogP contribution is -2.15. The van der Waals surface area contributed by atoms with Gasteiger partial charge < -0.3 is 10.4 Å². The molecular formula is C15H13ClN2O3. The number of halogens is 1. The summed E-state index contributed by atoms with van der Waals surface area (Å²) in [5, 5.41) is 11.8. The van der Waals surface area contributed by atoms with E-state index >= 15 is 0 Å². The quantitative estimate of drug-likeness (QED) is 0.890. The molecule has 2 aromatic rings. The highest BCUT2D eigenvalue weighted by molar-refractivity contribution is 6.34. The fraction of sp³-hybridized carbons (Fsp3) is 0.133. The van der Waals surface area contributed by atoms with Gasteiger partial charge in [-0.25, -0.2) is 4.79 Å². The van der Waals surface area contributed by atoms with Crippen LogP contribution in [0.4, 0.5) is 5.69 Å². The smallest absolute Gasteiger partial charge is 0.339 e. The monoisotopic (exact) mass is 304 g/mol. The zero-order valence-electron chi connectivity index (χ0n) is 11.0. The van der Waals surface area contributed by atoms with Gasteiger partial charge in [-0.1, -0.05) is 23.7 Å². The van der Waals surface area contributed by atoms with Gasteiger partial charge in [0.2, 0.25) is 5.91 Å². The average molecular weight is 305 g/mol. The maximum absolute atomic E-state index is 11.9. The minimum absolute atomic E-state index is 0.0880. The van der Waals surface area contributed by atoms with E-state index < -0.39 is 5.97 Å². The molecule has 0 fully saturated rings. The number of aryl methyl sites for hydroxylation is 1. The van der Waals surface area contributed by atoms with Gasteiger partial charge in [-0.15, -0.1) is 0 Å². The molecule has 1 heterocycles. The van der Waals surface area contributed by atoms with E-state index in [0.717, 1.165) is 5.69 Å². The predicted molar refractivity (Wildman–Crippen MR) is 79.6 cm³/mol. The van der Waals surface area contributed by atoms with Crippen LogP contribution in [0.25, 0.3) is 0 Å². The Balaban J connectivity index is 2.03. The van der Waals surface area contributed by atoms with Gasteiger partial charge in [0.25, 0.3) is 0 Å². The molecule has 0 saturated heterocycles. The largest absolute Gasteiger partial charge is 0.478 e. The number of pyridine rings is 1. The van der Waals surface area contributed by atoms with Gasteiger partial charge in [-0.05, 0) is 30.7 Å². The number of aromatic nitrogens is 1. The number of carbonyl (C=O) groups is 2. The number of hydrogen-bond donors (Lipinski definition) is 2. The van der Waals surface area contributed by atoms with Gasteiger partial charge in [-0.3, -0.25) is 9.78 Å². The van der Waals surface area contributed by atoms with Gasteiger partial charge in [0, 0.05) is 18.3 Å². The van der Waals surface area contributed by atoms with Crippen LogP contribution >= 0.6 is 11.6 Å². The Bertz CT molecular complexity index is 659. The van der Waals surface area contributed by atoms with Gasteiger partial charge in [0.1, 0.15) is 5.56 Å². The number of amides is 1. The van der Waals surface area contributed by atoms with E-state index in [1.807, 2.05) is 12.1 Å². The van der Waals surface area contributed by atoms with Gasteiger partial charge in [0.15, 0.2) is 0 Å². The molecule has 5 nitrogen and oxygen atoms in total. The summed E-state index contributed by atoms with van der Waals surface area (Å²) in [6, 6.07) is 10.0. The Labute approximate surface area is 126 Å². The Kier molecular flexibility index (Phi) is 4.90. The first-order valence-electron chi connectivity index (χ1n) is 6.29. The first-order chi connectivity index (χ1) is 10.1. The Morgan fingerprint density at radius 1 is 1.19 bits per heavy atom. The van der Waals surface area contributed by atoms with Crippen molar-refractivity contribution >= 4 is 29.2 Å². The number of hydrogen-bond acceptors (Lipinski definition) is 3. The van der Waals surface area contributed by atoms with Crippen LogP contribution < -0.4 is 5.32 Å². The van der Waals surface area contributed by atoms with Crippen molar-refractivity contribution in [2.45, 2.75) is 12.8 Å². The first kappa shape index (κ1) is 15.0. The van der Waals surface area contributed by atoms with E-state index in [9.17, 15) is 9.59 Å². The molecule has 6 heteroatoms. The van der Waals surface area contributed by atoms with Gasteiger partial charge in [0.05, 0.1) is 10.7 Å². The van der Waals surface area contributed by atoms with Gasteiger partial charge >= 0.3 is 5.97 Å². The number of anilines is 1. The predicted octanol–water partition coefficient (Wildman–Crippen LogP) is 3.00. The van der Waals surface area contributed by atoms with E-state index in [-0.39, 0.29) is 28.6 Å². The molecule has 0 saturated carbocycles. The molecule has 2 N–H and O–H groups in total. The van der Waals surface area contributed by atoms with Crippen molar-refractivity contribution in [3.05, 3.63) is 58.9 Å². The van der Waals surface area contributed by atoms with Crippen molar-refractivity contribution in [3.8, 4) is 0 Å². The molecular weight excluding hydrogens is 292 g/mol. The lowest BCUT2D eigenvalue weighted by Gasteiger charge is -2.09. The molecule has 0 aliphatic rings. The minimum atomic E-state index is -1.18. The molecule has 0 unspecified atom stereocenters. The van der Waals surface area contributed by atoms with Crippen LogP contribution in [-0.4, -0.2) is 22.0 Å². The molecule has 0 spiro atoms. The van der Waals surface area contributed by atoms with E-state index in [4.69, 9.17) is 16.7 Å². The molecule has 0 radical (unpaired) electrons. The van der Waals surface area contributed by atoms with E-state index in [1.54, 1.807) is 18.3 Å². The summed E-state index contributed by atoms with van der Waals surface area (Å²) in [5.74, 6) is -1.47. The summed E-state index contributed by atoms with van der Waals surface area (Å²) in [4.78, 5) is 27.2. The minimum Gasteiger partial charge on any atom is -0.478 e. The normalized spacial score (nSPS) is 10.1. The highest BCUT2D eigenvalue weighted by atomic mass is 35.5. The Hall–Kier alpha value is -2.40. The van der Waals surface area contributed by atoms with Crippen LogP contribution in [0.15, 0.2) is 42.6 Å². The molecule has 0 atom stereocenters. The maximum atomic E-state index is 11.9. The summed E-state index contributed by atoms with van der Waals surface area (Å²) in [6.07, 6.45) is 2.35. The standard InChI is InChI=1S/C15H13ClN2O3/c16-11-5-3-6-12(14(11)15(20)21)18-13(19)8-7-10-4-1-2-9-17-10/h1-6,9H,7-8H2,(H,18,19)(H,20,21). The van der Waals surface area contributed by atoms with Crippen molar-refractivity contribution in [2.24, 2.45) is 0 Å². The zero-order chi connectivity index (χ0) is 15.2. The topological polar surface area (TPSA) is 79.3 Å². The van der Waals surface area contributed by atoms with Crippen molar-refractivity contribution in [3.63, 3.8) is 0 Å². The van der Waals surface area contributed by atoms with Crippen molar-refractivity contribution < 1.29 is 14.7 Å². The first-order valence-corrected chi connectivity index (χ1v) is 6.67. The van der Waals surface area contributed by atoms with Crippen LogP contribution in [0, 0.1) is 0 Å². The Morgan fingerprint density at radius 2 is 2.00 bits per heavy atom. The summed E-state index contributed by atoms with van der Waals surface area (Å²) in [7, 11) is 0. The fourth-order valence-corrected chi connectivity index (χ4v) is 2.10.